The summed E-state index contributed by atoms with van der Waals surface area (Å²) in [5, 5.41) is 13.0. The minimum Gasteiger partial charge on any atom is -0.507 e. The van der Waals surface area contributed by atoms with Crippen LogP contribution in [0.25, 0.3) is 21.7 Å². The van der Waals surface area contributed by atoms with E-state index in [0.29, 0.717) is 22.0 Å². The molecule has 3 aromatic carbocycles. The molecule has 1 aromatic heterocycles. The molecule has 110 valence electrons. The lowest BCUT2D eigenvalue weighted by Gasteiger charge is -2.09. The number of hydrogen-bond donors (Lipinski definition) is 1. The molecule has 0 spiro atoms. The van der Waals surface area contributed by atoms with Crippen molar-refractivity contribution in [3.8, 4) is 5.75 Å². The van der Waals surface area contributed by atoms with Crippen LogP contribution in [-0.2, 0) is 0 Å². The van der Waals surface area contributed by atoms with Crippen molar-refractivity contribution in [3.63, 3.8) is 0 Å². The van der Waals surface area contributed by atoms with Crippen molar-refractivity contribution >= 4 is 27.5 Å². The molecule has 3 heteroatoms. The van der Waals surface area contributed by atoms with Gasteiger partial charge < -0.3 is 5.11 Å². The number of nitrogens with zero attached hydrogens (tertiary/aromatic N) is 1. The van der Waals surface area contributed by atoms with Gasteiger partial charge >= 0.3 is 0 Å². The van der Waals surface area contributed by atoms with Crippen molar-refractivity contribution in [2.75, 3.05) is 0 Å². The van der Waals surface area contributed by atoms with Crippen molar-refractivity contribution in [2.45, 2.75) is 0 Å². The van der Waals surface area contributed by atoms with E-state index in [1.165, 1.54) is 0 Å². The van der Waals surface area contributed by atoms with Crippen LogP contribution in [0.2, 0.25) is 0 Å². The number of hydrogen-bond acceptors (Lipinski definition) is 3. The highest BCUT2D eigenvalue weighted by atomic mass is 16.3. The predicted molar refractivity (Wildman–Crippen MR) is 90.8 cm³/mol. The Hall–Kier alpha value is -3.20. The van der Waals surface area contributed by atoms with Gasteiger partial charge in [0.15, 0.2) is 5.78 Å². The van der Waals surface area contributed by atoms with Crippen LogP contribution in [0, 0.1) is 0 Å². The zero-order valence-corrected chi connectivity index (χ0v) is 12.2. The molecule has 0 fully saturated rings. The van der Waals surface area contributed by atoms with E-state index in [-0.39, 0.29) is 11.5 Å². The highest BCUT2D eigenvalue weighted by molar-refractivity contribution is 6.18. The normalized spacial score (nSPS) is 11.0. The van der Waals surface area contributed by atoms with Gasteiger partial charge in [0.1, 0.15) is 5.75 Å². The molecule has 0 aliphatic rings. The summed E-state index contributed by atoms with van der Waals surface area (Å²) in [4.78, 5) is 17.2. The molecule has 23 heavy (non-hydrogen) atoms. The second-order valence-corrected chi connectivity index (χ2v) is 5.39. The fourth-order valence-electron chi connectivity index (χ4n) is 2.87. The van der Waals surface area contributed by atoms with E-state index in [2.05, 4.69) is 4.98 Å². The third-order valence-electron chi connectivity index (χ3n) is 4.02. The van der Waals surface area contributed by atoms with Crippen LogP contribution in [0.1, 0.15) is 15.9 Å². The molecule has 4 rings (SSSR count). The number of para-hydroxylation sites is 1. The number of phenolic OH excluding ortho intramolecular Hbond substituents is 1. The maximum absolute atomic E-state index is 12.9. The largest absolute Gasteiger partial charge is 0.507 e. The van der Waals surface area contributed by atoms with Crippen LogP contribution >= 0.6 is 0 Å². The molecule has 0 amide bonds. The molecule has 0 saturated carbocycles. The van der Waals surface area contributed by atoms with E-state index in [4.69, 9.17) is 0 Å². The topological polar surface area (TPSA) is 50.2 Å². The molecule has 0 bridgehead atoms. The Kier molecular flexibility index (Phi) is 3.05. The molecular formula is C20H13NO2. The number of pyridine rings is 1. The van der Waals surface area contributed by atoms with E-state index in [0.717, 1.165) is 10.8 Å². The van der Waals surface area contributed by atoms with Crippen LogP contribution in [-0.4, -0.2) is 15.9 Å². The Bertz CT molecular complexity index is 1050. The molecule has 4 aromatic rings. The number of carbonyl (C=O) groups is 1. The number of phenols is 1. The Morgan fingerprint density at radius 1 is 0.783 bits per heavy atom. The second-order valence-electron chi connectivity index (χ2n) is 5.39. The summed E-state index contributed by atoms with van der Waals surface area (Å²) in [6, 6.07) is 20.2. The van der Waals surface area contributed by atoms with Gasteiger partial charge in [0, 0.05) is 22.5 Å². The Labute approximate surface area is 132 Å². The minimum atomic E-state index is -0.224. The van der Waals surface area contributed by atoms with Gasteiger partial charge in [0.25, 0.3) is 0 Å². The van der Waals surface area contributed by atoms with Crippen LogP contribution < -0.4 is 0 Å². The first-order valence-electron chi connectivity index (χ1n) is 7.35. The number of benzene rings is 3. The Morgan fingerprint density at radius 3 is 2.48 bits per heavy atom. The van der Waals surface area contributed by atoms with E-state index in [1.807, 2.05) is 54.6 Å². The average molecular weight is 299 g/mol. The monoisotopic (exact) mass is 299 g/mol. The zero-order chi connectivity index (χ0) is 15.8. The molecule has 0 saturated heterocycles. The van der Waals surface area contributed by atoms with E-state index in [1.54, 1.807) is 18.3 Å². The summed E-state index contributed by atoms with van der Waals surface area (Å²) in [5.74, 6) is -0.210. The van der Waals surface area contributed by atoms with Gasteiger partial charge in [-0.3, -0.25) is 9.78 Å². The standard InChI is InChI=1S/C20H13NO2/c22-19-15-8-2-1-5-13(15)10-11-17(19)20(23)16-9-3-6-14-7-4-12-21-18(14)16/h1-12,22H. The molecule has 3 nitrogen and oxygen atoms in total. The van der Waals surface area contributed by atoms with Crippen molar-refractivity contribution in [1.82, 2.24) is 4.98 Å². The Balaban J connectivity index is 1.93. The minimum absolute atomic E-state index is 0.0148. The smallest absolute Gasteiger partial charge is 0.198 e. The fraction of sp³-hybridized carbons (Fsp3) is 0. The summed E-state index contributed by atoms with van der Waals surface area (Å²) in [6.07, 6.45) is 1.67. The highest BCUT2D eigenvalue weighted by Crippen LogP contribution is 2.31. The van der Waals surface area contributed by atoms with Gasteiger partial charge in [0.05, 0.1) is 11.1 Å². The number of aromatic hydroxyl groups is 1. The first-order chi connectivity index (χ1) is 11.3. The molecule has 0 radical (unpaired) electrons. The van der Waals surface area contributed by atoms with E-state index < -0.39 is 0 Å². The quantitative estimate of drug-likeness (QED) is 0.561. The van der Waals surface area contributed by atoms with Crippen LogP contribution in [0.4, 0.5) is 0 Å². The number of carbonyl (C=O) groups excluding carboxylic acids is 1. The maximum Gasteiger partial charge on any atom is 0.198 e. The van der Waals surface area contributed by atoms with Crippen molar-refractivity contribution < 1.29 is 9.90 Å². The summed E-state index contributed by atoms with van der Waals surface area (Å²) < 4.78 is 0. The van der Waals surface area contributed by atoms with Crippen LogP contribution in [0.15, 0.2) is 72.9 Å². The van der Waals surface area contributed by atoms with Gasteiger partial charge in [-0.1, -0.05) is 48.5 Å². The summed E-state index contributed by atoms with van der Waals surface area (Å²) in [6.45, 7) is 0. The van der Waals surface area contributed by atoms with Crippen LogP contribution in [0.5, 0.6) is 5.75 Å². The molecule has 0 atom stereocenters. The molecule has 0 aliphatic carbocycles. The summed E-state index contributed by atoms with van der Waals surface area (Å²) in [5.41, 5.74) is 1.43. The van der Waals surface area contributed by atoms with Gasteiger partial charge in [-0.15, -0.1) is 0 Å². The van der Waals surface area contributed by atoms with Crippen molar-refractivity contribution in [1.29, 1.82) is 0 Å². The van der Waals surface area contributed by atoms with Crippen LogP contribution in [0.3, 0.4) is 0 Å². The highest BCUT2D eigenvalue weighted by Gasteiger charge is 2.18. The number of ketones is 1. The Morgan fingerprint density at radius 2 is 1.57 bits per heavy atom. The third-order valence-corrected chi connectivity index (χ3v) is 4.02. The van der Waals surface area contributed by atoms with E-state index >= 15 is 0 Å². The fourth-order valence-corrected chi connectivity index (χ4v) is 2.87. The predicted octanol–water partition coefficient (Wildman–Crippen LogP) is 4.32. The molecule has 1 N–H and O–H groups in total. The van der Waals surface area contributed by atoms with Gasteiger partial charge in [0.2, 0.25) is 0 Å². The van der Waals surface area contributed by atoms with Crippen molar-refractivity contribution in [2.24, 2.45) is 0 Å². The van der Waals surface area contributed by atoms with E-state index in [9.17, 15) is 9.90 Å². The molecule has 1 heterocycles. The average Bonchev–Trinajstić information content (AvgIpc) is 2.61. The first-order valence-corrected chi connectivity index (χ1v) is 7.35. The third kappa shape index (κ3) is 2.14. The molecular weight excluding hydrogens is 286 g/mol. The number of fused-ring (bicyclic) bond motifs is 2. The van der Waals surface area contributed by atoms with Gasteiger partial charge in [-0.2, -0.15) is 0 Å². The number of rotatable bonds is 2. The van der Waals surface area contributed by atoms with Crippen molar-refractivity contribution in [3.05, 3.63) is 84.1 Å². The molecule has 0 aliphatic heterocycles. The summed E-state index contributed by atoms with van der Waals surface area (Å²) in [7, 11) is 0. The number of aromatic nitrogens is 1. The molecule has 0 unspecified atom stereocenters. The maximum atomic E-state index is 12.9. The zero-order valence-electron chi connectivity index (χ0n) is 12.2. The SMILES string of the molecule is O=C(c1ccc2ccccc2c1O)c1cccc2cccnc12. The lowest BCUT2D eigenvalue weighted by atomic mass is 9.97. The lowest BCUT2D eigenvalue weighted by molar-refractivity contribution is 0.103. The van der Waals surface area contributed by atoms with Gasteiger partial charge in [-0.05, 0) is 23.6 Å². The van der Waals surface area contributed by atoms with Gasteiger partial charge in [-0.25, -0.2) is 0 Å². The second kappa shape index (κ2) is 5.21. The summed E-state index contributed by atoms with van der Waals surface area (Å²) >= 11 is 0. The first kappa shape index (κ1) is 13.5. The lowest BCUT2D eigenvalue weighted by Crippen LogP contribution is -2.03.